The molecule has 0 amide bonds. The standard InChI is InChI=1S/2C3H5O.2ClH.Pd/c2*1-3(2)4;;;/h2*1H2,2H3;2*1H;/q;;;;+2/p-2. The molecule has 0 spiro atoms. The van der Waals surface area contributed by atoms with E-state index in [2.05, 4.69) is 0 Å². The fourth-order valence-electron chi connectivity index (χ4n) is 0.262. The van der Waals surface area contributed by atoms with Crippen molar-refractivity contribution in [3.05, 3.63) is 0 Å². The quantitative estimate of drug-likeness (QED) is 0.487. The van der Waals surface area contributed by atoms with Gasteiger partial charge in [-0.25, -0.2) is 0 Å². The van der Waals surface area contributed by atoms with Crippen LogP contribution in [0, 0.1) is 0 Å². The third kappa shape index (κ3) is 18.0. The number of hydrogen-bond donors (Lipinski definition) is 0. The Bertz CT molecular complexity index is 114. The van der Waals surface area contributed by atoms with Gasteiger partial charge in [0.1, 0.15) is 0 Å². The average Bonchev–Trinajstić information content (AvgIpc) is 1.63. The van der Waals surface area contributed by atoms with Crippen LogP contribution in [0.1, 0.15) is 13.8 Å². The zero-order chi connectivity index (χ0) is 7.28. The number of ketones is 2. The summed E-state index contributed by atoms with van der Waals surface area (Å²) in [6.45, 7) is 3.11. The van der Waals surface area contributed by atoms with E-state index in [1.807, 2.05) is 0 Å². The Morgan fingerprint density at radius 3 is 1.45 bits per heavy atom. The summed E-state index contributed by atoms with van der Waals surface area (Å²) < 4.78 is 0. The van der Waals surface area contributed by atoms with Crippen molar-refractivity contribution in [2.75, 3.05) is 0 Å². The van der Waals surface area contributed by atoms with Gasteiger partial charge in [-0.3, -0.25) is 0 Å². The first-order chi connectivity index (χ1) is 4.13. The Morgan fingerprint density at radius 1 is 1.00 bits per heavy atom. The van der Waals surface area contributed by atoms with Gasteiger partial charge in [-0.1, -0.05) is 0 Å². The summed E-state index contributed by atoms with van der Waals surface area (Å²) in [7, 11) is 0. The third-order valence-corrected chi connectivity index (χ3v) is 2.80. The van der Waals surface area contributed by atoms with Crippen LogP contribution in [-0.4, -0.2) is 11.6 Å². The fourth-order valence-corrected chi connectivity index (χ4v) is 1.55. The molecule has 0 aromatic rings. The van der Waals surface area contributed by atoms with Crippen LogP contribution in [0.2, 0.25) is 9.79 Å². The zero-order valence-corrected chi connectivity index (χ0v) is 9.37. The van der Waals surface area contributed by atoms with Crippen LogP contribution < -0.4 is 24.8 Å². The first-order valence-electron chi connectivity index (χ1n) is 2.56. The molecule has 0 heterocycles. The summed E-state index contributed by atoms with van der Waals surface area (Å²) in [5.41, 5.74) is 0. The second-order valence-electron chi connectivity index (χ2n) is 1.79. The van der Waals surface area contributed by atoms with Gasteiger partial charge in [0, 0.05) is 0 Å². The van der Waals surface area contributed by atoms with Crippen molar-refractivity contribution in [3.63, 3.8) is 0 Å². The molecule has 0 radical (unpaired) electrons. The van der Waals surface area contributed by atoms with Gasteiger partial charge in [-0.15, -0.1) is 0 Å². The van der Waals surface area contributed by atoms with Crippen LogP contribution in [0.3, 0.4) is 0 Å². The molecular formula is C6H10Cl2O2Pd. The molecule has 5 heteroatoms. The Kier molecular flexibility index (Phi) is 16.9. The SMILES string of the molecule is CC(=O)[CH2][Pd+2][CH2]C(C)=O.[Cl-].[Cl-]. The first-order valence-corrected chi connectivity index (χ1v) is 4.76. The van der Waals surface area contributed by atoms with Gasteiger partial charge in [-0.05, 0) is 0 Å². The van der Waals surface area contributed by atoms with E-state index in [9.17, 15) is 9.59 Å². The van der Waals surface area contributed by atoms with E-state index < -0.39 is 0 Å². The molecular weight excluding hydrogens is 281 g/mol. The zero-order valence-electron chi connectivity index (χ0n) is 6.30. The number of halogens is 2. The third-order valence-electron chi connectivity index (χ3n) is 0.473. The molecule has 0 rings (SSSR count). The number of rotatable bonds is 4. The maximum absolute atomic E-state index is 10.3. The second kappa shape index (κ2) is 10.6. The second-order valence-corrected chi connectivity index (χ2v) is 3.66. The molecule has 0 aliphatic heterocycles. The molecule has 0 bridgehead atoms. The van der Waals surface area contributed by atoms with Crippen LogP contribution in [0.5, 0.6) is 0 Å². The predicted molar refractivity (Wildman–Crippen MR) is 31.0 cm³/mol. The first kappa shape index (κ1) is 17.6. The summed E-state index contributed by atoms with van der Waals surface area (Å²) >= 11 is 0.319. The molecule has 70 valence electrons. The topological polar surface area (TPSA) is 34.1 Å². The van der Waals surface area contributed by atoms with Crippen molar-refractivity contribution in [1.82, 2.24) is 0 Å². The summed E-state index contributed by atoms with van der Waals surface area (Å²) in [6, 6.07) is 0. The van der Waals surface area contributed by atoms with Crippen LogP contribution in [-0.2, 0) is 27.6 Å². The number of Topliss-reactive ketones (excluding diaryl/α,β-unsaturated/α-hetero) is 2. The van der Waals surface area contributed by atoms with E-state index >= 15 is 0 Å². The van der Waals surface area contributed by atoms with Crippen LogP contribution in [0.15, 0.2) is 0 Å². The molecule has 0 N–H and O–H groups in total. The van der Waals surface area contributed by atoms with E-state index in [1.54, 1.807) is 13.8 Å². The Morgan fingerprint density at radius 2 is 1.27 bits per heavy atom. The van der Waals surface area contributed by atoms with Crippen molar-refractivity contribution < 1.29 is 52.4 Å². The summed E-state index contributed by atoms with van der Waals surface area (Å²) in [5.74, 6) is 0.371. The normalized spacial score (nSPS) is 7.82. The van der Waals surface area contributed by atoms with E-state index in [0.29, 0.717) is 27.8 Å². The Labute approximate surface area is 87.5 Å². The van der Waals surface area contributed by atoms with E-state index in [0.717, 1.165) is 0 Å². The largest absolute Gasteiger partial charge is 1.00 e. The molecule has 0 saturated carbocycles. The fraction of sp³-hybridized carbons (Fsp3) is 0.667. The van der Waals surface area contributed by atoms with Gasteiger partial charge in [0.2, 0.25) is 0 Å². The van der Waals surface area contributed by atoms with Crippen molar-refractivity contribution in [2.24, 2.45) is 0 Å². The van der Waals surface area contributed by atoms with Gasteiger partial charge < -0.3 is 24.8 Å². The van der Waals surface area contributed by atoms with Crippen molar-refractivity contribution in [1.29, 1.82) is 0 Å². The van der Waals surface area contributed by atoms with Crippen LogP contribution in [0.25, 0.3) is 0 Å². The van der Waals surface area contributed by atoms with E-state index in [-0.39, 0.29) is 36.4 Å². The summed E-state index contributed by atoms with van der Waals surface area (Å²) in [4.78, 5) is 21.8. The smallest absolute Gasteiger partial charge is 1.00 e. The molecule has 0 aliphatic carbocycles. The molecule has 0 atom stereocenters. The number of carbonyl (C=O) groups is 2. The minimum atomic E-state index is 0. The molecule has 0 aromatic heterocycles. The molecule has 0 aliphatic rings. The Hall–Kier alpha value is 0.582. The van der Waals surface area contributed by atoms with E-state index in [1.165, 1.54) is 0 Å². The van der Waals surface area contributed by atoms with E-state index in [4.69, 9.17) is 0 Å². The summed E-state index contributed by atoms with van der Waals surface area (Å²) in [5, 5.41) is 0. The number of carbonyl (C=O) groups excluding carboxylic acids is 2. The summed E-state index contributed by atoms with van der Waals surface area (Å²) in [6.07, 6.45) is 0. The maximum Gasteiger partial charge on any atom is -1.00 e. The average molecular weight is 291 g/mol. The molecule has 0 unspecified atom stereocenters. The van der Waals surface area contributed by atoms with Crippen LogP contribution >= 0.6 is 0 Å². The predicted octanol–water partition coefficient (Wildman–Crippen LogP) is -4.91. The minimum absolute atomic E-state index is 0. The Balaban J connectivity index is -0.000000320. The van der Waals surface area contributed by atoms with Crippen molar-refractivity contribution in [3.8, 4) is 0 Å². The molecule has 11 heavy (non-hydrogen) atoms. The van der Waals surface area contributed by atoms with Crippen molar-refractivity contribution in [2.45, 2.75) is 23.6 Å². The van der Waals surface area contributed by atoms with Gasteiger partial charge in [-0.2, -0.15) is 0 Å². The van der Waals surface area contributed by atoms with Crippen molar-refractivity contribution >= 4 is 11.6 Å². The van der Waals surface area contributed by atoms with Gasteiger partial charge in [0.05, 0.1) is 0 Å². The number of hydrogen-bond acceptors (Lipinski definition) is 2. The molecule has 0 fully saturated rings. The van der Waals surface area contributed by atoms with Gasteiger partial charge >= 0.3 is 62.8 Å². The molecule has 0 saturated heterocycles. The molecule has 2 nitrogen and oxygen atoms in total. The van der Waals surface area contributed by atoms with Gasteiger partial charge in [0.15, 0.2) is 0 Å². The maximum atomic E-state index is 10.3. The monoisotopic (exact) mass is 290 g/mol. The minimum Gasteiger partial charge on any atom is -1.00 e. The van der Waals surface area contributed by atoms with Gasteiger partial charge in [0.25, 0.3) is 0 Å². The van der Waals surface area contributed by atoms with Crippen LogP contribution in [0.4, 0.5) is 0 Å². The molecule has 0 aromatic carbocycles.